The minimum Gasteiger partial charge on any atom is -0.338 e. The molecule has 2 fully saturated rings. The number of amides is 2. The molecule has 5 nitrogen and oxygen atoms in total. The zero-order chi connectivity index (χ0) is 25.5. The molecule has 4 atom stereocenters. The van der Waals surface area contributed by atoms with Crippen molar-refractivity contribution in [1.29, 1.82) is 0 Å². The van der Waals surface area contributed by atoms with E-state index in [9.17, 15) is 9.59 Å². The van der Waals surface area contributed by atoms with Gasteiger partial charge in [0.2, 0.25) is 11.8 Å². The van der Waals surface area contributed by atoms with Gasteiger partial charge >= 0.3 is 0 Å². The van der Waals surface area contributed by atoms with Crippen molar-refractivity contribution in [2.24, 2.45) is 5.92 Å². The maximum atomic E-state index is 13.5. The predicted molar refractivity (Wildman–Crippen MR) is 148 cm³/mol. The molecule has 2 amide bonds. The van der Waals surface area contributed by atoms with Gasteiger partial charge in [0.1, 0.15) is 0 Å². The molecule has 2 aliphatic heterocycles. The summed E-state index contributed by atoms with van der Waals surface area (Å²) >= 11 is 1.83. The van der Waals surface area contributed by atoms with E-state index < -0.39 is 0 Å². The monoisotopic (exact) mass is 513 g/mol. The van der Waals surface area contributed by atoms with Crippen molar-refractivity contribution in [2.75, 3.05) is 32.7 Å². The molecule has 0 unspecified atom stereocenters. The van der Waals surface area contributed by atoms with Crippen LogP contribution in [0.15, 0.2) is 66.0 Å². The highest BCUT2D eigenvalue weighted by atomic mass is 32.1. The molecule has 6 rings (SSSR count). The van der Waals surface area contributed by atoms with Gasteiger partial charge < -0.3 is 9.80 Å². The topological polar surface area (TPSA) is 43.9 Å². The average molecular weight is 514 g/mol. The van der Waals surface area contributed by atoms with Crippen LogP contribution in [-0.4, -0.2) is 65.3 Å². The second-order valence-electron chi connectivity index (χ2n) is 10.9. The molecule has 6 heteroatoms. The van der Waals surface area contributed by atoms with Gasteiger partial charge in [-0.05, 0) is 60.7 Å². The summed E-state index contributed by atoms with van der Waals surface area (Å²) in [6.45, 7) is 7.34. The van der Waals surface area contributed by atoms with Crippen molar-refractivity contribution in [3.8, 4) is 0 Å². The first-order valence-corrected chi connectivity index (χ1v) is 14.4. The van der Waals surface area contributed by atoms with Gasteiger partial charge in [0.15, 0.2) is 0 Å². The number of fused-ring (bicyclic) bond motifs is 1. The van der Waals surface area contributed by atoms with E-state index in [0.717, 1.165) is 19.4 Å². The first kappa shape index (κ1) is 24.4. The third-order valence-corrected chi connectivity index (χ3v) is 9.39. The third-order valence-electron chi connectivity index (χ3n) is 8.40. The number of aryl methyl sites for hydroxylation is 1. The van der Waals surface area contributed by atoms with Gasteiger partial charge in [-0.25, -0.2) is 0 Å². The molecule has 1 saturated carbocycles. The van der Waals surface area contributed by atoms with Crippen LogP contribution in [0.1, 0.15) is 52.4 Å². The lowest BCUT2D eigenvalue weighted by Gasteiger charge is -2.42. The van der Waals surface area contributed by atoms with Crippen LogP contribution in [0, 0.1) is 12.8 Å². The van der Waals surface area contributed by atoms with Crippen LogP contribution in [0.2, 0.25) is 0 Å². The maximum Gasteiger partial charge on any atom is 0.236 e. The molecular weight excluding hydrogens is 478 g/mol. The van der Waals surface area contributed by atoms with Gasteiger partial charge in [-0.3, -0.25) is 14.5 Å². The average Bonchev–Trinajstić information content (AvgIpc) is 3.58. The Labute approximate surface area is 223 Å². The molecule has 37 heavy (non-hydrogen) atoms. The van der Waals surface area contributed by atoms with E-state index >= 15 is 0 Å². The first-order valence-electron chi connectivity index (χ1n) is 13.5. The van der Waals surface area contributed by atoms with Crippen molar-refractivity contribution in [3.63, 3.8) is 0 Å². The summed E-state index contributed by atoms with van der Waals surface area (Å²) < 4.78 is 0. The molecular formula is C31H35N3O2S. The molecule has 1 aliphatic carbocycles. The minimum atomic E-state index is 0.0416. The molecule has 3 heterocycles. The maximum absolute atomic E-state index is 13.5. The second kappa shape index (κ2) is 10.1. The van der Waals surface area contributed by atoms with E-state index in [-0.39, 0.29) is 29.8 Å². The summed E-state index contributed by atoms with van der Waals surface area (Å²) in [5.41, 5.74) is 5.10. The third kappa shape index (κ3) is 4.85. The van der Waals surface area contributed by atoms with E-state index in [1.54, 1.807) is 0 Å². The summed E-state index contributed by atoms with van der Waals surface area (Å²) in [5.74, 6) is 0.869. The fraction of sp³-hybridized carbons (Fsp3) is 0.419. The number of piperazine rings is 1. The smallest absolute Gasteiger partial charge is 0.236 e. The van der Waals surface area contributed by atoms with E-state index in [4.69, 9.17) is 0 Å². The summed E-state index contributed by atoms with van der Waals surface area (Å²) in [6, 6.07) is 21.5. The van der Waals surface area contributed by atoms with Crippen molar-refractivity contribution in [3.05, 3.63) is 93.2 Å². The highest BCUT2D eigenvalue weighted by Gasteiger charge is 2.47. The molecule has 2 aromatic carbocycles. The van der Waals surface area contributed by atoms with Gasteiger partial charge in [0.25, 0.3) is 0 Å². The van der Waals surface area contributed by atoms with Crippen LogP contribution >= 0.6 is 11.3 Å². The lowest BCUT2D eigenvalue weighted by atomic mass is 9.92. The van der Waals surface area contributed by atoms with Gasteiger partial charge in [-0.1, -0.05) is 60.2 Å². The second-order valence-corrected chi connectivity index (χ2v) is 11.9. The molecule has 3 aromatic rings. The molecule has 1 aromatic heterocycles. The number of hydrogen-bond acceptors (Lipinski definition) is 4. The number of benzene rings is 2. The molecule has 0 bridgehead atoms. The van der Waals surface area contributed by atoms with Gasteiger partial charge in [-0.15, -0.1) is 11.3 Å². The zero-order valence-corrected chi connectivity index (χ0v) is 22.5. The number of carbonyl (C=O) groups is 2. The number of hydrogen-bond donors (Lipinski definition) is 0. The van der Waals surface area contributed by atoms with E-state index in [2.05, 4.69) is 66.6 Å². The van der Waals surface area contributed by atoms with Crippen molar-refractivity contribution >= 4 is 23.2 Å². The number of rotatable bonds is 5. The summed E-state index contributed by atoms with van der Waals surface area (Å²) in [6.07, 6.45) is 1.93. The van der Waals surface area contributed by atoms with E-state index in [0.29, 0.717) is 32.1 Å². The van der Waals surface area contributed by atoms with Gasteiger partial charge in [0, 0.05) is 43.0 Å². The molecule has 0 radical (unpaired) electrons. The highest BCUT2D eigenvalue weighted by Crippen LogP contribution is 2.48. The Kier molecular flexibility index (Phi) is 6.63. The Morgan fingerprint density at radius 2 is 1.73 bits per heavy atom. The standard InChI is InChI=1S/C31H35N3O2S/c1-21-8-10-24(11-9-21)30-25-13-17-37-28(25)12-14-33(30)20-29(35)32-15-16-34(22(2)19-32)31(36)27-18-26(27)23-6-4-3-5-7-23/h3-11,13,17,22,26-27,30H,12,14-16,18-20H2,1-2H3/t22-,26-,27-,30+/m0/s1. The SMILES string of the molecule is Cc1ccc([C@@H]2c3ccsc3CCN2CC(=O)N2CCN(C(=O)[C@H]3C[C@H]3c3ccccc3)[C@@H](C)C2)cc1. The first-order chi connectivity index (χ1) is 18.0. The van der Waals surface area contributed by atoms with Crippen molar-refractivity contribution in [1.82, 2.24) is 14.7 Å². The van der Waals surface area contributed by atoms with E-state index in [1.165, 1.54) is 27.1 Å². The van der Waals surface area contributed by atoms with Crippen LogP contribution in [0.3, 0.4) is 0 Å². The van der Waals surface area contributed by atoms with Crippen LogP contribution in [0.5, 0.6) is 0 Å². The van der Waals surface area contributed by atoms with Crippen molar-refractivity contribution in [2.45, 2.75) is 44.7 Å². The minimum absolute atomic E-state index is 0.0416. The summed E-state index contributed by atoms with van der Waals surface area (Å²) in [5, 5.41) is 2.18. The Bertz CT molecular complexity index is 1270. The molecule has 0 N–H and O–H groups in total. The Morgan fingerprint density at radius 3 is 2.49 bits per heavy atom. The predicted octanol–water partition coefficient (Wildman–Crippen LogP) is 4.87. The fourth-order valence-electron chi connectivity index (χ4n) is 6.21. The van der Waals surface area contributed by atoms with Gasteiger partial charge in [0.05, 0.1) is 12.6 Å². The molecule has 3 aliphatic rings. The highest BCUT2D eigenvalue weighted by molar-refractivity contribution is 7.10. The fourth-order valence-corrected chi connectivity index (χ4v) is 7.12. The Balaban J connectivity index is 1.10. The summed E-state index contributed by atoms with van der Waals surface area (Å²) in [4.78, 5) is 34.6. The molecule has 192 valence electrons. The number of thiophene rings is 1. The molecule has 0 spiro atoms. The quantitative estimate of drug-likeness (QED) is 0.489. The van der Waals surface area contributed by atoms with Crippen LogP contribution in [-0.2, 0) is 16.0 Å². The number of carbonyl (C=O) groups excluding carboxylic acids is 2. The van der Waals surface area contributed by atoms with Crippen molar-refractivity contribution < 1.29 is 9.59 Å². The lowest BCUT2D eigenvalue weighted by Crippen LogP contribution is -2.57. The Morgan fingerprint density at radius 1 is 0.946 bits per heavy atom. The van der Waals surface area contributed by atoms with Crippen LogP contribution in [0.4, 0.5) is 0 Å². The normalized spacial score (nSPS) is 25.6. The Hall–Kier alpha value is -2.96. The lowest BCUT2D eigenvalue weighted by molar-refractivity contribution is -0.144. The van der Waals surface area contributed by atoms with Gasteiger partial charge in [-0.2, -0.15) is 0 Å². The zero-order valence-electron chi connectivity index (χ0n) is 21.7. The van der Waals surface area contributed by atoms with E-state index in [1.807, 2.05) is 39.3 Å². The van der Waals surface area contributed by atoms with Crippen LogP contribution in [0.25, 0.3) is 0 Å². The molecule has 1 saturated heterocycles. The largest absolute Gasteiger partial charge is 0.338 e. The number of nitrogens with zero attached hydrogens (tertiary/aromatic N) is 3. The van der Waals surface area contributed by atoms with Crippen LogP contribution < -0.4 is 0 Å². The summed E-state index contributed by atoms with van der Waals surface area (Å²) in [7, 11) is 0.